The maximum Gasteiger partial charge on any atom is 0.265 e. The van der Waals surface area contributed by atoms with Gasteiger partial charge in [-0.15, -0.1) is 0 Å². The summed E-state index contributed by atoms with van der Waals surface area (Å²) < 4.78 is 16.7. The van der Waals surface area contributed by atoms with E-state index in [9.17, 15) is 14.2 Å². The zero-order chi connectivity index (χ0) is 16.2. The number of rotatable bonds is 5. The maximum atomic E-state index is 12.0. The molecule has 1 heterocycles. The van der Waals surface area contributed by atoms with Crippen LogP contribution < -0.4 is 21.6 Å². The predicted molar refractivity (Wildman–Crippen MR) is 81.7 cm³/mol. The van der Waals surface area contributed by atoms with Crippen LogP contribution in [0, 0.1) is 0 Å². The Balaban J connectivity index is 1.95. The average molecular weight is 326 g/mol. The molecule has 1 saturated heterocycles. The highest BCUT2D eigenvalue weighted by atomic mass is 31.1. The molecule has 8 nitrogen and oxygen atoms in total. The summed E-state index contributed by atoms with van der Waals surface area (Å²) in [5.41, 5.74) is 5.89. The van der Waals surface area contributed by atoms with Gasteiger partial charge in [0.25, 0.3) is 11.8 Å². The number of para-hydroxylation sites is 1. The quantitative estimate of drug-likeness (QED) is 0.364. The topological polar surface area (TPSA) is 128 Å². The monoisotopic (exact) mass is 326 g/mol. The molecule has 0 radical (unpaired) electrons. The van der Waals surface area contributed by atoms with Crippen molar-refractivity contribution in [3.05, 3.63) is 30.3 Å². The Hall–Kier alpha value is -1.89. The first kappa shape index (κ1) is 16.5. The van der Waals surface area contributed by atoms with Crippen LogP contribution in [0.4, 0.5) is 0 Å². The Bertz CT molecular complexity index is 570. The second-order valence-electron chi connectivity index (χ2n) is 5.06. The van der Waals surface area contributed by atoms with E-state index in [-0.39, 0.29) is 13.2 Å². The third kappa shape index (κ3) is 3.47. The van der Waals surface area contributed by atoms with Crippen molar-refractivity contribution in [3.8, 4) is 5.75 Å². The third-order valence-electron chi connectivity index (χ3n) is 3.51. The summed E-state index contributed by atoms with van der Waals surface area (Å²) in [5.74, 6) is 4.99. The number of ether oxygens (including phenoxy) is 1. The van der Waals surface area contributed by atoms with Crippen LogP contribution in [0.2, 0.25) is 0 Å². The lowest BCUT2D eigenvalue weighted by atomic mass is 9.99. The number of benzene rings is 1. The first-order valence-corrected chi connectivity index (χ1v) is 7.81. The van der Waals surface area contributed by atoms with E-state index >= 15 is 0 Å². The van der Waals surface area contributed by atoms with E-state index in [1.165, 1.54) is 0 Å². The summed E-state index contributed by atoms with van der Waals surface area (Å²) in [4.78, 5) is 23.9. The minimum Gasteiger partial charge on any atom is -0.484 e. The second kappa shape index (κ2) is 6.91. The normalized spacial score (nSPS) is 25.5. The molecule has 2 unspecified atom stereocenters. The molecule has 1 aromatic carbocycles. The Morgan fingerprint density at radius 1 is 1.45 bits per heavy atom. The molecule has 120 valence electrons. The van der Waals surface area contributed by atoms with Crippen LogP contribution in [-0.4, -0.2) is 41.3 Å². The molecule has 22 heavy (non-hydrogen) atoms. The van der Waals surface area contributed by atoms with E-state index in [0.29, 0.717) is 12.2 Å². The van der Waals surface area contributed by atoms with Crippen molar-refractivity contribution in [1.82, 2.24) is 10.3 Å². The smallest absolute Gasteiger partial charge is 0.265 e. The van der Waals surface area contributed by atoms with E-state index < -0.39 is 31.6 Å². The molecule has 0 spiro atoms. The van der Waals surface area contributed by atoms with Gasteiger partial charge >= 0.3 is 0 Å². The molecule has 1 aromatic rings. The average Bonchev–Trinajstić information content (AvgIpc) is 2.54. The molecule has 3 atom stereocenters. The van der Waals surface area contributed by atoms with Gasteiger partial charge < -0.3 is 20.4 Å². The summed E-state index contributed by atoms with van der Waals surface area (Å²) in [6.45, 7) is 0.0209. The van der Waals surface area contributed by atoms with Crippen LogP contribution in [0.5, 0.6) is 5.75 Å². The molecular weight excluding hydrogens is 307 g/mol. The number of piperidine rings is 1. The maximum absolute atomic E-state index is 12.0. The summed E-state index contributed by atoms with van der Waals surface area (Å²) in [5, 5.41) is 1.91. The molecule has 1 fully saturated rings. The number of hydrazine groups is 1. The second-order valence-corrected chi connectivity index (χ2v) is 6.25. The van der Waals surface area contributed by atoms with Gasteiger partial charge in [-0.2, -0.15) is 0 Å². The van der Waals surface area contributed by atoms with Crippen LogP contribution in [0.15, 0.2) is 30.3 Å². The summed E-state index contributed by atoms with van der Waals surface area (Å²) >= 11 is 0. The van der Waals surface area contributed by atoms with Crippen molar-refractivity contribution in [1.29, 1.82) is 0 Å². The van der Waals surface area contributed by atoms with Crippen molar-refractivity contribution in [3.63, 3.8) is 0 Å². The van der Waals surface area contributed by atoms with E-state index in [1.807, 2.05) is 6.07 Å². The number of nitrogens with two attached hydrogens (primary N) is 2. The van der Waals surface area contributed by atoms with Crippen molar-refractivity contribution in [2.75, 3.05) is 13.2 Å². The zero-order valence-electron chi connectivity index (χ0n) is 11.9. The van der Waals surface area contributed by atoms with E-state index in [2.05, 4.69) is 5.32 Å². The van der Waals surface area contributed by atoms with Gasteiger partial charge in [-0.05, 0) is 18.6 Å². The molecule has 5 N–H and O–H groups in total. The standard InChI is InChI=1S/C13H19N4O4P/c14-13(22-20)10(6-7-17(15)12(13)19)16-11(18)8-21-9-4-2-1-3-5-9/h1-5,10H,6-8,14-15,22H2,(H,16,18)/t10?,13-/m0/s1. The Kier molecular flexibility index (Phi) is 5.18. The van der Waals surface area contributed by atoms with Crippen LogP contribution >= 0.6 is 8.46 Å². The molecule has 0 saturated carbocycles. The highest BCUT2D eigenvalue weighted by molar-refractivity contribution is 7.27. The van der Waals surface area contributed by atoms with Crippen molar-refractivity contribution in [2.24, 2.45) is 11.6 Å². The van der Waals surface area contributed by atoms with E-state index in [1.54, 1.807) is 24.3 Å². The van der Waals surface area contributed by atoms with Crippen LogP contribution in [0.1, 0.15) is 6.42 Å². The van der Waals surface area contributed by atoms with Crippen LogP contribution in [-0.2, 0) is 14.2 Å². The number of amides is 2. The van der Waals surface area contributed by atoms with Crippen LogP contribution in [0.25, 0.3) is 0 Å². The highest BCUT2D eigenvalue weighted by Gasteiger charge is 2.47. The molecule has 0 aliphatic carbocycles. The number of hydrogen-bond donors (Lipinski definition) is 3. The summed E-state index contributed by atoms with van der Waals surface area (Å²) in [6, 6.07) is 8.12. The Labute approximate surface area is 128 Å². The van der Waals surface area contributed by atoms with Gasteiger partial charge in [0.15, 0.2) is 11.9 Å². The Morgan fingerprint density at radius 3 is 2.77 bits per heavy atom. The lowest BCUT2D eigenvalue weighted by Crippen LogP contribution is -2.69. The molecule has 2 rings (SSSR count). The minimum absolute atomic E-state index is 0.217. The zero-order valence-corrected chi connectivity index (χ0v) is 13.1. The number of carbonyl (C=O) groups is 2. The highest BCUT2D eigenvalue weighted by Crippen LogP contribution is 2.28. The summed E-state index contributed by atoms with van der Waals surface area (Å²) in [7, 11) is -1.64. The fourth-order valence-electron chi connectivity index (χ4n) is 2.23. The van der Waals surface area contributed by atoms with Crippen molar-refractivity contribution >= 4 is 20.3 Å². The first-order valence-electron chi connectivity index (χ1n) is 6.76. The van der Waals surface area contributed by atoms with Crippen LogP contribution in [0.3, 0.4) is 0 Å². The fourth-order valence-corrected chi connectivity index (χ4v) is 2.91. The molecule has 9 heteroatoms. The minimum atomic E-state index is -1.64. The molecule has 0 aromatic heterocycles. The molecule has 2 amide bonds. The number of carbonyl (C=O) groups excluding carboxylic acids is 2. The molecule has 1 aliphatic rings. The molecule has 1 aliphatic heterocycles. The van der Waals surface area contributed by atoms with Gasteiger partial charge in [0, 0.05) is 6.54 Å². The lowest BCUT2D eigenvalue weighted by molar-refractivity contribution is -0.138. The predicted octanol–water partition coefficient (Wildman–Crippen LogP) is -0.932. The number of hydrogen-bond acceptors (Lipinski definition) is 6. The van der Waals surface area contributed by atoms with E-state index in [4.69, 9.17) is 16.3 Å². The van der Waals surface area contributed by atoms with Gasteiger partial charge in [0.2, 0.25) is 0 Å². The van der Waals surface area contributed by atoms with Crippen molar-refractivity contribution in [2.45, 2.75) is 17.7 Å². The first-order chi connectivity index (χ1) is 10.5. The molecular formula is C13H19N4O4P. The SMILES string of the molecule is NN1CCC(NC(=O)COc2ccccc2)[C@](N)([PH2]=O)C1=O. The summed E-state index contributed by atoms with van der Waals surface area (Å²) in [6.07, 6.45) is 0.338. The molecule has 0 bridgehead atoms. The van der Waals surface area contributed by atoms with E-state index in [0.717, 1.165) is 5.01 Å². The van der Waals surface area contributed by atoms with Crippen molar-refractivity contribution < 1.29 is 18.9 Å². The Morgan fingerprint density at radius 2 is 2.14 bits per heavy atom. The van der Waals surface area contributed by atoms with Gasteiger partial charge in [0.05, 0.1) is 14.5 Å². The van der Waals surface area contributed by atoms with Gasteiger partial charge in [0.1, 0.15) is 5.75 Å². The number of nitrogens with one attached hydrogen (secondary N) is 1. The number of nitrogens with zero attached hydrogens (tertiary/aromatic N) is 1. The third-order valence-corrected chi connectivity index (χ3v) is 4.55. The lowest BCUT2D eigenvalue weighted by Gasteiger charge is -2.40. The fraction of sp³-hybridized carbons (Fsp3) is 0.385. The van der Waals surface area contributed by atoms with Gasteiger partial charge in [-0.3, -0.25) is 14.6 Å². The van der Waals surface area contributed by atoms with Gasteiger partial charge in [-0.25, -0.2) is 5.84 Å². The largest absolute Gasteiger partial charge is 0.484 e. The van der Waals surface area contributed by atoms with Gasteiger partial charge in [-0.1, -0.05) is 18.2 Å².